The number of carbonyl (C=O) groups is 1. The van der Waals surface area contributed by atoms with Crippen molar-refractivity contribution in [1.29, 1.82) is 0 Å². The number of benzene rings is 1. The number of urea groups is 1. The molecule has 116 valence electrons. The zero-order valence-corrected chi connectivity index (χ0v) is 12.7. The van der Waals surface area contributed by atoms with E-state index in [1.807, 2.05) is 0 Å². The predicted octanol–water partition coefficient (Wildman–Crippen LogP) is 1.90. The highest BCUT2D eigenvalue weighted by Gasteiger charge is 2.28. The standard InChI is InChI=1S/C13H18FN3O3S/c1-9(2)15-13(18)16-12-8-10(4-5-11(12)14)17-6-3-7-21(17,19)20/h4-5,8-9H,3,6-7H2,1-2H3,(H2,15,16,18). The van der Waals surface area contributed by atoms with Gasteiger partial charge in [-0.3, -0.25) is 4.31 Å². The van der Waals surface area contributed by atoms with E-state index in [1.54, 1.807) is 13.8 Å². The van der Waals surface area contributed by atoms with E-state index in [4.69, 9.17) is 0 Å². The monoisotopic (exact) mass is 315 g/mol. The third-order valence-electron chi connectivity index (χ3n) is 3.01. The molecule has 1 aliphatic heterocycles. The van der Waals surface area contributed by atoms with Crippen molar-refractivity contribution in [3.8, 4) is 0 Å². The third-order valence-corrected chi connectivity index (χ3v) is 4.87. The first kappa shape index (κ1) is 15.6. The van der Waals surface area contributed by atoms with Gasteiger partial charge in [0.1, 0.15) is 5.82 Å². The summed E-state index contributed by atoms with van der Waals surface area (Å²) in [5, 5.41) is 4.96. The summed E-state index contributed by atoms with van der Waals surface area (Å²) >= 11 is 0. The highest BCUT2D eigenvalue weighted by Crippen LogP contribution is 2.28. The van der Waals surface area contributed by atoms with Gasteiger partial charge in [0.2, 0.25) is 10.0 Å². The van der Waals surface area contributed by atoms with Gasteiger partial charge in [-0.15, -0.1) is 0 Å². The molecule has 21 heavy (non-hydrogen) atoms. The number of anilines is 2. The molecule has 0 atom stereocenters. The molecule has 6 nitrogen and oxygen atoms in total. The molecular weight excluding hydrogens is 297 g/mol. The number of hydrogen-bond acceptors (Lipinski definition) is 3. The summed E-state index contributed by atoms with van der Waals surface area (Å²) in [6.07, 6.45) is 0.538. The molecule has 2 N–H and O–H groups in total. The van der Waals surface area contributed by atoms with Crippen molar-refractivity contribution in [2.24, 2.45) is 0 Å². The largest absolute Gasteiger partial charge is 0.336 e. The van der Waals surface area contributed by atoms with Gasteiger partial charge in [0.05, 0.1) is 17.1 Å². The summed E-state index contributed by atoms with van der Waals surface area (Å²) in [5.74, 6) is -0.532. The number of carbonyl (C=O) groups excluding carboxylic acids is 1. The summed E-state index contributed by atoms with van der Waals surface area (Å²) in [5.41, 5.74) is 0.307. The van der Waals surface area contributed by atoms with Crippen molar-refractivity contribution in [3.63, 3.8) is 0 Å². The van der Waals surface area contributed by atoms with Crippen molar-refractivity contribution in [3.05, 3.63) is 24.0 Å². The molecule has 1 fully saturated rings. The topological polar surface area (TPSA) is 78.5 Å². The van der Waals surface area contributed by atoms with Crippen LogP contribution in [-0.4, -0.2) is 32.8 Å². The Bertz CT molecular complexity index is 646. The van der Waals surface area contributed by atoms with E-state index in [1.165, 1.54) is 16.4 Å². The second-order valence-corrected chi connectivity index (χ2v) is 7.17. The number of nitrogens with one attached hydrogen (secondary N) is 2. The van der Waals surface area contributed by atoms with Crippen LogP contribution < -0.4 is 14.9 Å². The first-order valence-electron chi connectivity index (χ1n) is 6.67. The maximum atomic E-state index is 13.7. The maximum Gasteiger partial charge on any atom is 0.319 e. The van der Waals surface area contributed by atoms with E-state index in [0.717, 1.165) is 6.07 Å². The predicted molar refractivity (Wildman–Crippen MR) is 79.4 cm³/mol. The second kappa shape index (κ2) is 5.88. The lowest BCUT2D eigenvalue weighted by Crippen LogP contribution is -2.34. The molecule has 0 spiro atoms. The molecule has 0 radical (unpaired) electrons. The Morgan fingerprint density at radius 1 is 1.38 bits per heavy atom. The quantitative estimate of drug-likeness (QED) is 0.894. The molecule has 0 unspecified atom stereocenters. The molecule has 1 heterocycles. The van der Waals surface area contributed by atoms with E-state index in [0.29, 0.717) is 18.7 Å². The number of hydrogen-bond donors (Lipinski definition) is 2. The van der Waals surface area contributed by atoms with E-state index in [-0.39, 0.29) is 17.5 Å². The summed E-state index contributed by atoms with van der Waals surface area (Å²) in [4.78, 5) is 11.6. The van der Waals surface area contributed by atoms with Crippen LogP contribution in [0.3, 0.4) is 0 Å². The van der Waals surface area contributed by atoms with Crippen molar-refractivity contribution in [2.45, 2.75) is 26.3 Å². The van der Waals surface area contributed by atoms with Crippen LogP contribution in [0.4, 0.5) is 20.6 Å². The van der Waals surface area contributed by atoms with Gasteiger partial charge in [-0.05, 0) is 38.5 Å². The summed E-state index contributed by atoms with van der Waals surface area (Å²) in [6, 6.07) is 3.25. The fourth-order valence-electron chi connectivity index (χ4n) is 2.11. The fourth-order valence-corrected chi connectivity index (χ4v) is 3.67. The molecule has 1 saturated heterocycles. The number of amides is 2. The first-order valence-corrected chi connectivity index (χ1v) is 8.28. The molecule has 2 rings (SSSR count). The number of rotatable bonds is 3. The Labute approximate surface area is 123 Å². The summed E-state index contributed by atoms with van der Waals surface area (Å²) in [6.45, 7) is 3.93. The minimum Gasteiger partial charge on any atom is -0.336 e. The fraction of sp³-hybridized carbons (Fsp3) is 0.462. The molecule has 1 aromatic rings. The first-order chi connectivity index (χ1) is 9.79. The molecule has 0 aromatic heterocycles. The van der Waals surface area contributed by atoms with E-state index in [9.17, 15) is 17.6 Å². The van der Waals surface area contributed by atoms with Gasteiger partial charge in [0, 0.05) is 12.6 Å². The zero-order chi connectivity index (χ0) is 15.6. The summed E-state index contributed by atoms with van der Waals surface area (Å²) < 4.78 is 38.7. The lowest BCUT2D eigenvalue weighted by atomic mass is 10.2. The van der Waals surface area contributed by atoms with Crippen LogP contribution in [0.5, 0.6) is 0 Å². The van der Waals surface area contributed by atoms with Gasteiger partial charge in [-0.2, -0.15) is 0 Å². The Morgan fingerprint density at radius 2 is 2.10 bits per heavy atom. The van der Waals surface area contributed by atoms with E-state index < -0.39 is 21.9 Å². The van der Waals surface area contributed by atoms with Crippen LogP contribution in [-0.2, 0) is 10.0 Å². The maximum absolute atomic E-state index is 13.7. The van der Waals surface area contributed by atoms with E-state index in [2.05, 4.69) is 10.6 Å². The highest BCUT2D eigenvalue weighted by molar-refractivity contribution is 7.93. The van der Waals surface area contributed by atoms with Crippen LogP contribution in [0.1, 0.15) is 20.3 Å². The van der Waals surface area contributed by atoms with Crippen LogP contribution >= 0.6 is 0 Å². The number of halogens is 1. The van der Waals surface area contributed by atoms with Gasteiger partial charge >= 0.3 is 6.03 Å². The molecule has 2 amide bonds. The van der Waals surface area contributed by atoms with Crippen molar-refractivity contribution < 1.29 is 17.6 Å². The molecule has 0 bridgehead atoms. The van der Waals surface area contributed by atoms with Crippen molar-refractivity contribution in [2.75, 3.05) is 21.9 Å². The highest BCUT2D eigenvalue weighted by atomic mass is 32.2. The Morgan fingerprint density at radius 3 is 2.67 bits per heavy atom. The average Bonchev–Trinajstić information content (AvgIpc) is 2.71. The third kappa shape index (κ3) is 3.63. The van der Waals surface area contributed by atoms with Crippen LogP contribution in [0, 0.1) is 5.82 Å². The normalized spacial score (nSPS) is 17.0. The average molecular weight is 315 g/mol. The Hall–Kier alpha value is -1.83. The lowest BCUT2D eigenvalue weighted by molar-refractivity contribution is 0.250. The smallest absolute Gasteiger partial charge is 0.319 e. The minimum atomic E-state index is -3.33. The SMILES string of the molecule is CC(C)NC(=O)Nc1cc(N2CCCS2(=O)=O)ccc1F. The van der Waals surface area contributed by atoms with E-state index >= 15 is 0 Å². The van der Waals surface area contributed by atoms with Gasteiger partial charge < -0.3 is 10.6 Å². The number of nitrogens with zero attached hydrogens (tertiary/aromatic N) is 1. The van der Waals surface area contributed by atoms with Crippen molar-refractivity contribution >= 4 is 27.4 Å². The van der Waals surface area contributed by atoms with Crippen LogP contribution in [0.2, 0.25) is 0 Å². The van der Waals surface area contributed by atoms with Gasteiger partial charge in [-0.25, -0.2) is 17.6 Å². The van der Waals surface area contributed by atoms with Gasteiger partial charge in [-0.1, -0.05) is 0 Å². The number of sulfonamides is 1. The zero-order valence-electron chi connectivity index (χ0n) is 11.9. The molecule has 8 heteroatoms. The van der Waals surface area contributed by atoms with Crippen molar-refractivity contribution in [1.82, 2.24) is 5.32 Å². The molecule has 1 aromatic carbocycles. The van der Waals surface area contributed by atoms with Crippen LogP contribution in [0.15, 0.2) is 18.2 Å². The minimum absolute atomic E-state index is 0.0484. The van der Waals surface area contributed by atoms with Gasteiger partial charge in [0.15, 0.2) is 0 Å². The summed E-state index contributed by atoms with van der Waals surface area (Å²) in [7, 11) is -3.33. The lowest BCUT2D eigenvalue weighted by Gasteiger charge is -2.18. The molecule has 0 saturated carbocycles. The van der Waals surface area contributed by atoms with Gasteiger partial charge in [0.25, 0.3) is 0 Å². The Kier molecular flexibility index (Phi) is 4.36. The second-order valence-electron chi connectivity index (χ2n) is 5.16. The molecular formula is C13H18FN3O3S. The molecule has 1 aliphatic rings. The Balaban J connectivity index is 2.23. The van der Waals surface area contributed by atoms with Crippen LogP contribution in [0.25, 0.3) is 0 Å². The molecule has 0 aliphatic carbocycles.